The van der Waals surface area contributed by atoms with Gasteiger partial charge in [-0.25, -0.2) is 4.99 Å². The topological polar surface area (TPSA) is 76.4 Å². The third-order valence-electron chi connectivity index (χ3n) is 4.29. The number of aliphatic imine (C=N–C) groups is 1. The van der Waals surface area contributed by atoms with Crippen LogP contribution in [0.1, 0.15) is 37.5 Å². The fourth-order valence-corrected chi connectivity index (χ4v) is 3.02. The minimum atomic E-state index is 0. The molecule has 8 heteroatoms. The van der Waals surface area contributed by atoms with Crippen molar-refractivity contribution in [1.82, 2.24) is 25.4 Å². The Morgan fingerprint density at radius 1 is 1.33 bits per heavy atom. The standard InChI is InChI=1S/C19H28N6O.HI/c1-4-20-19(22-13-18-24-23-17-9-6-10-25(17)18)21-12-15(3)26-16-8-5-7-14(2)11-16;/h5,7-8,11,15H,4,6,9-10,12-13H2,1-3H3,(H2,20,21,22);1H. The molecule has 0 aliphatic carbocycles. The fourth-order valence-electron chi connectivity index (χ4n) is 3.02. The molecule has 0 spiro atoms. The van der Waals surface area contributed by atoms with Crippen LogP contribution in [0, 0.1) is 6.92 Å². The van der Waals surface area contributed by atoms with Gasteiger partial charge in [-0.1, -0.05) is 12.1 Å². The highest BCUT2D eigenvalue weighted by molar-refractivity contribution is 14.0. The monoisotopic (exact) mass is 484 g/mol. The molecule has 1 atom stereocenters. The van der Waals surface area contributed by atoms with Gasteiger partial charge in [0.15, 0.2) is 11.8 Å². The van der Waals surface area contributed by atoms with E-state index in [1.165, 1.54) is 5.56 Å². The van der Waals surface area contributed by atoms with Crippen LogP contribution in [0.2, 0.25) is 0 Å². The van der Waals surface area contributed by atoms with E-state index in [4.69, 9.17) is 4.74 Å². The minimum absolute atomic E-state index is 0. The van der Waals surface area contributed by atoms with E-state index in [-0.39, 0.29) is 30.1 Å². The molecule has 0 saturated carbocycles. The zero-order valence-corrected chi connectivity index (χ0v) is 18.6. The van der Waals surface area contributed by atoms with Crippen molar-refractivity contribution in [2.24, 2.45) is 4.99 Å². The molecule has 3 rings (SSSR count). The number of hydrogen-bond acceptors (Lipinski definition) is 4. The van der Waals surface area contributed by atoms with Crippen LogP contribution in [-0.2, 0) is 19.5 Å². The van der Waals surface area contributed by atoms with Crippen LogP contribution in [0.15, 0.2) is 29.3 Å². The summed E-state index contributed by atoms with van der Waals surface area (Å²) in [5.74, 6) is 3.66. The molecule has 0 fully saturated rings. The molecule has 27 heavy (non-hydrogen) atoms. The second-order valence-corrected chi connectivity index (χ2v) is 6.61. The second-order valence-electron chi connectivity index (χ2n) is 6.61. The second kappa shape index (κ2) is 10.5. The van der Waals surface area contributed by atoms with Crippen LogP contribution < -0.4 is 15.4 Å². The Morgan fingerprint density at radius 3 is 2.96 bits per heavy atom. The van der Waals surface area contributed by atoms with Gasteiger partial charge in [0.05, 0.1) is 6.54 Å². The number of aryl methyl sites for hydroxylation is 2. The highest BCUT2D eigenvalue weighted by Crippen LogP contribution is 2.15. The number of nitrogens with one attached hydrogen (secondary N) is 2. The van der Waals surface area contributed by atoms with Gasteiger partial charge in [-0.2, -0.15) is 0 Å². The number of ether oxygens (including phenoxy) is 1. The Bertz CT molecular complexity index is 760. The van der Waals surface area contributed by atoms with E-state index in [0.29, 0.717) is 13.1 Å². The van der Waals surface area contributed by atoms with Crippen molar-refractivity contribution in [3.63, 3.8) is 0 Å². The lowest BCUT2D eigenvalue weighted by molar-refractivity contribution is 0.223. The van der Waals surface area contributed by atoms with E-state index in [1.54, 1.807) is 0 Å². The zero-order valence-electron chi connectivity index (χ0n) is 16.2. The predicted molar refractivity (Wildman–Crippen MR) is 118 cm³/mol. The Balaban J connectivity index is 0.00000261. The molecule has 1 unspecified atom stereocenters. The number of halogens is 1. The Labute approximate surface area is 178 Å². The molecular formula is C19H29IN6O. The first-order valence-electron chi connectivity index (χ1n) is 9.32. The van der Waals surface area contributed by atoms with Crippen LogP contribution in [0.25, 0.3) is 0 Å². The number of benzene rings is 1. The summed E-state index contributed by atoms with van der Waals surface area (Å²) in [6.45, 7) is 9.15. The maximum atomic E-state index is 5.96. The molecule has 148 valence electrons. The van der Waals surface area contributed by atoms with E-state index in [1.807, 2.05) is 25.1 Å². The molecule has 0 saturated heterocycles. The molecule has 1 aromatic heterocycles. The maximum absolute atomic E-state index is 5.96. The Kier molecular flexibility index (Phi) is 8.33. The van der Waals surface area contributed by atoms with Gasteiger partial charge in [-0.15, -0.1) is 34.2 Å². The number of aromatic nitrogens is 3. The van der Waals surface area contributed by atoms with Crippen molar-refractivity contribution >= 4 is 29.9 Å². The summed E-state index contributed by atoms with van der Waals surface area (Å²) >= 11 is 0. The van der Waals surface area contributed by atoms with E-state index in [9.17, 15) is 0 Å². The van der Waals surface area contributed by atoms with Crippen molar-refractivity contribution in [2.75, 3.05) is 13.1 Å². The molecule has 0 radical (unpaired) electrons. The van der Waals surface area contributed by atoms with Crippen molar-refractivity contribution in [3.05, 3.63) is 41.5 Å². The molecule has 2 N–H and O–H groups in total. The molecule has 2 heterocycles. The lowest BCUT2D eigenvalue weighted by atomic mass is 10.2. The van der Waals surface area contributed by atoms with Crippen LogP contribution in [0.4, 0.5) is 0 Å². The van der Waals surface area contributed by atoms with Gasteiger partial charge >= 0.3 is 0 Å². The van der Waals surface area contributed by atoms with Gasteiger partial charge in [0.2, 0.25) is 0 Å². The molecule has 7 nitrogen and oxygen atoms in total. The zero-order chi connectivity index (χ0) is 18.4. The van der Waals surface area contributed by atoms with E-state index < -0.39 is 0 Å². The molecule has 0 bridgehead atoms. The number of guanidine groups is 1. The molecule has 1 aromatic carbocycles. The summed E-state index contributed by atoms with van der Waals surface area (Å²) in [5.41, 5.74) is 1.19. The molecule has 1 aliphatic heterocycles. The van der Waals surface area contributed by atoms with Crippen molar-refractivity contribution < 1.29 is 4.74 Å². The summed E-state index contributed by atoms with van der Waals surface area (Å²) in [4.78, 5) is 4.64. The molecule has 1 aliphatic rings. The van der Waals surface area contributed by atoms with Gasteiger partial charge in [0, 0.05) is 19.5 Å². The van der Waals surface area contributed by atoms with Gasteiger partial charge in [-0.3, -0.25) is 0 Å². The summed E-state index contributed by atoms with van der Waals surface area (Å²) < 4.78 is 8.14. The van der Waals surface area contributed by atoms with Gasteiger partial charge in [0.1, 0.15) is 24.2 Å². The number of fused-ring (bicyclic) bond motifs is 1. The first kappa shape index (κ1) is 21.5. The molecular weight excluding hydrogens is 455 g/mol. The first-order valence-corrected chi connectivity index (χ1v) is 9.32. The largest absolute Gasteiger partial charge is 0.489 e. The number of nitrogens with zero attached hydrogens (tertiary/aromatic N) is 4. The number of rotatable bonds is 7. The first-order chi connectivity index (χ1) is 12.7. The third-order valence-corrected chi connectivity index (χ3v) is 4.29. The predicted octanol–water partition coefficient (Wildman–Crippen LogP) is 2.67. The van der Waals surface area contributed by atoms with Crippen LogP contribution in [-0.4, -0.2) is 39.9 Å². The van der Waals surface area contributed by atoms with Crippen molar-refractivity contribution in [2.45, 2.75) is 52.8 Å². The van der Waals surface area contributed by atoms with Crippen molar-refractivity contribution in [3.8, 4) is 5.75 Å². The molecule has 0 amide bonds. The van der Waals surface area contributed by atoms with Gasteiger partial charge < -0.3 is 19.9 Å². The Morgan fingerprint density at radius 2 is 2.19 bits per heavy atom. The normalized spacial score (nSPS) is 14.3. The summed E-state index contributed by atoms with van der Waals surface area (Å²) in [6.07, 6.45) is 2.19. The van der Waals surface area contributed by atoms with E-state index in [0.717, 1.165) is 49.3 Å². The lowest BCUT2D eigenvalue weighted by Gasteiger charge is -2.18. The number of hydrogen-bond donors (Lipinski definition) is 2. The van der Waals surface area contributed by atoms with E-state index >= 15 is 0 Å². The van der Waals surface area contributed by atoms with Gasteiger partial charge in [-0.05, 0) is 44.9 Å². The highest BCUT2D eigenvalue weighted by atomic mass is 127. The van der Waals surface area contributed by atoms with Crippen LogP contribution >= 0.6 is 24.0 Å². The summed E-state index contributed by atoms with van der Waals surface area (Å²) in [6, 6.07) is 8.09. The lowest BCUT2D eigenvalue weighted by Crippen LogP contribution is -2.41. The third kappa shape index (κ3) is 6.08. The SMILES string of the molecule is CCNC(=NCc1nnc2n1CCC2)NCC(C)Oc1cccc(C)c1.I. The summed E-state index contributed by atoms with van der Waals surface area (Å²) in [5, 5.41) is 15.1. The van der Waals surface area contributed by atoms with Crippen LogP contribution in [0.3, 0.4) is 0 Å². The Hall–Kier alpha value is -1.84. The van der Waals surface area contributed by atoms with Gasteiger partial charge in [0.25, 0.3) is 0 Å². The quantitative estimate of drug-likeness (QED) is 0.359. The smallest absolute Gasteiger partial charge is 0.191 e. The van der Waals surface area contributed by atoms with E-state index in [2.05, 4.69) is 50.3 Å². The molecule has 2 aromatic rings. The highest BCUT2D eigenvalue weighted by Gasteiger charge is 2.16. The average molecular weight is 484 g/mol. The van der Waals surface area contributed by atoms with Crippen molar-refractivity contribution in [1.29, 1.82) is 0 Å². The summed E-state index contributed by atoms with van der Waals surface area (Å²) in [7, 11) is 0. The average Bonchev–Trinajstić information content (AvgIpc) is 3.21. The maximum Gasteiger partial charge on any atom is 0.191 e. The fraction of sp³-hybridized carbons (Fsp3) is 0.526. The minimum Gasteiger partial charge on any atom is -0.489 e. The van der Waals surface area contributed by atoms with Crippen LogP contribution in [0.5, 0.6) is 5.75 Å².